The highest BCUT2D eigenvalue weighted by Crippen LogP contribution is 2.13. The average molecular weight is 354 g/mol. The molecule has 0 atom stereocenters. The van der Waals surface area contributed by atoms with Gasteiger partial charge in [0.15, 0.2) is 5.82 Å². The smallest absolute Gasteiger partial charge is 0.254 e. The van der Waals surface area contributed by atoms with E-state index in [1.807, 2.05) is 19.1 Å². The number of pyridine rings is 1. The van der Waals surface area contributed by atoms with Crippen LogP contribution in [0.4, 0.5) is 0 Å². The molecule has 3 heterocycles. The highest BCUT2D eigenvalue weighted by Gasteiger charge is 2.08. The average Bonchev–Trinajstić information content (AvgIpc) is 3.07. The monoisotopic (exact) mass is 354 g/mol. The summed E-state index contributed by atoms with van der Waals surface area (Å²) >= 11 is 1.73. The Kier molecular flexibility index (Phi) is 5.73. The van der Waals surface area contributed by atoms with E-state index in [-0.39, 0.29) is 5.91 Å². The Labute approximate surface area is 149 Å². The number of hydrogen-bond acceptors (Lipinski definition) is 6. The van der Waals surface area contributed by atoms with Crippen LogP contribution in [0.2, 0.25) is 0 Å². The van der Waals surface area contributed by atoms with Gasteiger partial charge in [0.1, 0.15) is 0 Å². The van der Waals surface area contributed by atoms with Crippen LogP contribution in [0.5, 0.6) is 0 Å². The number of nitrogens with one attached hydrogen (secondary N) is 2. The Hall–Kier alpha value is -2.74. The zero-order chi connectivity index (χ0) is 17.5. The molecule has 3 aromatic heterocycles. The minimum absolute atomic E-state index is 0.169. The number of carbonyl (C=O) groups excluding carboxylic acids is 1. The zero-order valence-electron chi connectivity index (χ0n) is 13.8. The van der Waals surface area contributed by atoms with E-state index in [2.05, 4.69) is 30.2 Å². The molecule has 0 unspecified atom stereocenters. The fourth-order valence-corrected chi connectivity index (χ4v) is 3.01. The molecule has 0 radical (unpaired) electrons. The minimum atomic E-state index is -0.169. The van der Waals surface area contributed by atoms with Crippen LogP contribution in [0.1, 0.15) is 21.7 Å². The summed E-state index contributed by atoms with van der Waals surface area (Å²) in [7, 11) is 0. The second kappa shape index (κ2) is 8.39. The first kappa shape index (κ1) is 17.1. The van der Waals surface area contributed by atoms with Crippen molar-refractivity contribution in [2.75, 3.05) is 12.3 Å². The maximum Gasteiger partial charge on any atom is 0.254 e. The molecule has 0 aliphatic rings. The molecular weight excluding hydrogens is 336 g/mol. The van der Waals surface area contributed by atoms with Gasteiger partial charge in [-0.2, -0.15) is 11.8 Å². The number of thioether (sulfide) groups is 1. The molecule has 0 aliphatic heterocycles. The third kappa shape index (κ3) is 4.63. The lowest BCUT2D eigenvalue weighted by Gasteiger charge is -2.05. The first-order chi connectivity index (χ1) is 12.2. The molecule has 1 amide bonds. The normalized spacial score (nSPS) is 10.6. The summed E-state index contributed by atoms with van der Waals surface area (Å²) < 4.78 is 0. The van der Waals surface area contributed by atoms with Crippen LogP contribution in [-0.2, 0) is 5.75 Å². The maximum absolute atomic E-state index is 12.1. The quantitative estimate of drug-likeness (QED) is 0.632. The minimum Gasteiger partial charge on any atom is -0.351 e. The first-order valence-electron chi connectivity index (χ1n) is 7.81. The van der Waals surface area contributed by atoms with E-state index in [4.69, 9.17) is 0 Å². The van der Waals surface area contributed by atoms with Crippen molar-refractivity contribution in [1.29, 1.82) is 0 Å². The van der Waals surface area contributed by atoms with Gasteiger partial charge in [-0.15, -0.1) is 0 Å². The Bertz CT molecular complexity index is 819. The van der Waals surface area contributed by atoms with Gasteiger partial charge >= 0.3 is 0 Å². The van der Waals surface area contributed by atoms with Crippen LogP contribution >= 0.6 is 11.8 Å². The third-order valence-electron chi connectivity index (χ3n) is 3.56. The number of H-pyrrole nitrogens is 1. The molecule has 0 saturated carbocycles. The molecule has 0 saturated heterocycles. The van der Waals surface area contributed by atoms with Crippen LogP contribution in [0, 0.1) is 6.92 Å². The van der Waals surface area contributed by atoms with Gasteiger partial charge in [-0.3, -0.25) is 9.78 Å². The van der Waals surface area contributed by atoms with Crippen molar-refractivity contribution in [3.63, 3.8) is 0 Å². The van der Waals surface area contributed by atoms with Gasteiger partial charge < -0.3 is 10.3 Å². The molecule has 0 bridgehead atoms. The molecule has 0 aliphatic carbocycles. The fraction of sp³-hybridized carbons (Fsp3) is 0.235. The van der Waals surface area contributed by atoms with E-state index in [0.29, 0.717) is 17.9 Å². The summed E-state index contributed by atoms with van der Waals surface area (Å²) in [6.45, 7) is 2.58. The zero-order valence-corrected chi connectivity index (χ0v) is 14.6. The lowest BCUT2D eigenvalue weighted by molar-refractivity contribution is 0.0955. The van der Waals surface area contributed by atoms with Crippen molar-refractivity contribution >= 4 is 17.7 Å². The Morgan fingerprint density at radius 3 is 2.64 bits per heavy atom. The van der Waals surface area contributed by atoms with E-state index in [1.54, 1.807) is 42.9 Å². The molecule has 7 nitrogen and oxygen atoms in total. The van der Waals surface area contributed by atoms with Crippen molar-refractivity contribution in [2.45, 2.75) is 12.7 Å². The van der Waals surface area contributed by atoms with E-state index >= 15 is 0 Å². The van der Waals surface area contributed by atoms with Crippen molar-refractivity contribution in [1.82, 2.24) is 30.2 Å². The van der Waals surface area contributed by atoms with Gasteiger partial charge in [-0.1, -0.05) is 0 Å². The van der Waals surface area contributed by atoms with Crippen LogP contribution < -0.4 is 5.32 Å². The van der Waals surface area contributed by atoms with Crippen LogP contribution in [-0.4, -0.2) is 43.1 Å². The predicted molar refractivity (Wildman–Crippen MR) is 97.1 cm³/mol. The van der Waals surface area contributed by atoms with Crippen molar-refractivity contribution in [2.24, 2.45) is 0 Å². The van der Waals surface area contributed by atoms with Gasteiger partial charge in [0.25, 0.3) is 5.91 Å². The number of imidazole rings is 1. The molecule has 2 N–H and O–H groups in total. The summed E-state index contributed by atoms with van der Waals surface area (Å²) in [6, 6.07) is 3.65. The van der Waals surface area contributed by atoms with E-state index < -0.39 is 0 Å². The number of aromatic nitrogens is 5. The van der Waals surface area contributed by atoms with Crippen molar-refractivity contribution < 1.29 is 4.79 Å². The molecule has 128 valence electrons. The molecule has 3 aromatic rings. The molecule has 0 fully saturated rings. The molecular formula is C17H18N6OS. The summed E-state index contributed by atoms with van der Waals surface area (Å²) in [5.74, 6) is 2.05. The fourth-order valence-electron chi connectivity index (χ4n) is 2.14. The maximum atomic E-state index is 12.1. The molecule has 25 heavy (non-hydrogen) atoms. The molecule has 0 aromatic carbocycles. The van der Waals surface area contributed by atoms with Gasteiger partial charge in [0, 0.05) is 54.1 Å². The first-order valence-corrected chi connectivity index (χ1v) is 8.97. The van der Waals surface area contributed by atoms with Crippen LogP contribution in [0.3, 0.4) is 0 Å². The van der Waals surface area contributed by atoms with Crippen LogP contribution in [0.25, 0.3) is 11.4 Å². The van der Waals surface area contributed by atoms with E-state index in [1.165, 1.54) is 0 Å². The Balaban J connectivity index is 1.44. The number of aromatic amines is 1. The van der Waals surface area contributed by atoms with Crippen molar-refractivity contribution in [3.05, 3.63) is 60.2 Å². The SMILES string of the molecule is Cc1[nH]cnc1CSCCNC(=O)c1cnc(-c2ccncc2)nc1. The Morgan fingerprint density at radius 1 is 1.20 bits per heavy atom. The summed E-state index contributed by atoms with van der Waals surface area (Å²) in [5.41, 5.74) is 3.46. The standard InChI is InChI=1S/C17H18N6OS/c1-12-15(23-11-22-12)10-25-7-6-19-17(24)14-8-20-16(21-9-14)13-2-4-18-5-3-13/h2-5,8-9,11H,6-7,10H2,1H3,(H,19,24)(H,22,23). The number of nitrogens with zero attached hydrogens (tertiary/aromatic N) is 4. The van der Waals surface area contributed by atoms with Crippen molar-refractivity contribution in [3.8, 4) is 11.4 Å². The summed E-state index contributed by atoms with van der Waals surface area (Å²) in [4.78, 5) is 31.9. The lowest BCUT2D eigenvalue weighted by Crippen LogP contribution is -2.26. The molecule has 8 heteroatoms. The van der Waals surface area contributed by atoms with Gasteiger partial charge in [0.05, 0.1) is 17.6 Å². The topological polar surface area (TPSA) is 96.5 Å². The second-order valence-corrected chi connectivity index (χ2v) is 6.42. The highest BCUT2D eigenvalue weighted by molar-refractivity contribution is 7.98. The largest absolute Gasteiger partial charge is 0.351 e. The van der Waals surface area contributed by atoms with Crippen LogP contribution in [0.15, 0.2) is 43.2 Å². The molecule has 3 rings (SSSR count). The predicted octanol–water partition coefficient (Wildman–Crippen LogP) is 2.23. The lowest BCUT2D eigenvalue weighted by atomic mass is 10.2. The molecule has 0 spiro atoms. The van der Waals surface area contributed by atoms with E-state index in [9.17, 15) is 4.79 Å². The summed E-state index contributed by atoms with van der Waals surface area (Å²) in [5, 5.41) is 2.87. The number of hydrogen-bond donors (Lipinski definition) is 2. The second-order valence-electron chi connectivity index (χ2n) is 5.31. The number of aryl methyl sites for hydroxylation is 1. The number of amides is 1. The van der Waals surface area contributed by atoms with E-state index in [0.717, 1.165) is 28.5 Å². The summed E-state index contributed by atoms with van der Waals surface area (Å²) in [6.07, 6.45) is 8.14. The van der Waals surface area contributed by atoms with Gasteiger partial charge in [0.2, 0.25) is 0 Å². The van der Waals surface area contributed by atoms with Gasteiger partial charge in [-0.05, 0) is 19.1 Å². The third-order valence-corrected chi connectivity index (χ3v) is 4.53. The Morgan fingerprint density at radius 2 is 1.96 bits per heavy atom. The van der Waals surface area contributed by atoms with Gasteiger partial charge in [-0.25, -0.2) is 15.0 Å². The highest BCUT2D eigenvalue weighted by atomic mass is 32.2. The number of carbonyl (C=O) groups is 1. The number of rotatable bonds is 7.